The van der Waals surface area contributed by atoms with Gasteiger partial charge in [-0.2, -0.15) is 9.97 Å². The number of aliphatic imine (C=N–C) groups is 1. The van der Waals surface area contributed by atoms with Gasteiger partial charge in [-0.3, -0.25) is 4.99 Å². The third-order valence-corrected chi connectivity index (χ3v) is 6.39. The average Bonchev–Trinajstić information content (AvgIpc) is 2.81. The number of piperazine rings is 1. The first-order chi connectivity index (χ1) is 16.0. The zero-order valence-corrected chi connectivity index (χ0v) is 19.4. The van der Waals surface area contributed by atoms with Crippen LogP contribution in [0.5, 0.6) is 0 Å². The number of allylic oxidation sites excluding steroid dienone is 1. The van der Waals surface area contributed by atoms with E-state index in [0.717, 1.165) is 55.4 Å². The fourth-order valence-corrected chi connectivity index (χ4v) is 4.44. The van der Waals surface area contributed by atoms with Gasteiger partial charge in [-0.25, -0.2) is 4.39 Å². The van der Waals surface area contributed by atoms with E-state index in [1.165, 1.54) is 17.3 Å². The SMILES string of the molecule is CC1Cc2ccc(C(C=NCCF)=CN)cc2CN1c1cc(N2CCN(C)CC2)nc(N)n1. The van der Waals surface area contributed by atoms with Crippen LogP contribution < -0.4 is 21.3 Å². The molecule has 0 radical (unpaired) electrons. The van der Waals surface area contributed by atoms with Crippen molar-refractivity contribution in [2.24, 2.45) is 10.7 Å². The second kappa shape index (κ2) is 10.2. The predicted octanol–water partition coefficient (Wildman–Crippen LogP) is 2.10. The molecule has 2 aliphatic rings. The Morgan fingerprint density at radius 3 is 2.64 bits per heavy atom. The van der Waals surface area contributed by atoms with E-state index in [1.54, 1.807) is 6.21 Å². The Balaban J connectivity index is 1.59. The highest BCUT2D eigenvalue weighted by atomic mass is 19.1. The maximum Gasteiger partial charge on any atom is 0.223 e. The molecular formula is C24H33FN8. The van der Waals surface area contributed by atoms with E-state index in [0.29, 0.717) is 12.5 Å². The largest absolute Gasteiger partial charge is 0.404 e. The van der Waals surface area contributed by atoms with Crippen LogP contribution in [0.25, 0.3) is 5.57 Å². The fourth-order valence-electron chi connectivity index (χ4n) is 4.44. The maximum absolute atomic E-state index is 12.4. The Morgan fingerprint density at radius 1 is 1.15 bits per heavy atom. The molecule has 9 heteroatoms. The second-order valence-electron chi connectivity index (χ2n) is 8.74. The zero-order valence-electron chi connectivity index (χ0n) is 19.4. The quantitative estimate of drug-likeness (QED) is 0.648. The highest BCUT2D eigenvalue weighted by molar-refractivity contribution is 6.09. The number of nitrogens with zero attached hydrogens (tertiary/aromatic N) is 6. The molecule has 1 atom stereocenters. The van der Waals surface area contributed by atoms with Crippen molar-refractivity contribution in [3.8, 4) is 0 Å². The Kier molecular flexibility index (Phi) is 7.08. The van der Waals surface area contributed by atoms with E-state index < -0.39 is 6.67 Å². The topological polar surface area (TPSA) is 99.9 Å². The van der Waals surface area contributed by atoms with Gasteiger partial charge in [0.05, 0.1) is 6.54 Å². The van der Waals surface area contributed by atoms with Crippen molar-refractivity contribution < 1.29 is 4.39 Å². The summed E-state index contributed by atoms with van der Waals surface area (Å²) in [4.78, 5) is 20.1. The van der Waals surface area contributed by atoms with Crippen molar-refractivity contribution in [3.05, 3.63) is 47.2 Å². The van der Waals surface area contributed by atoms with Crippen LogP contribution in [0, 0.1) is 0 Å². The molecule has 1 unspecified atom stereocenters. The number of anilines is 3. The summed E-state index contributed by atoms with van der Waals surface area (Å²) in [5.41, 5.74) is 16.2. The molecule has 1 aromatic heterocycles. The molecule has 4 rings (SSSR count). The molecular weight excluding hydrogens is 419 g/mol. The first-order valence-electron chi connectivity index (χ1n) is 11.4. The van der Waals surface area contributed by atoms with Gasteiger partial charge in [0, 0.05) is 62.8 Å². The Labute approximate surface area is 194 Å². The summed E-state index contributed by atoms with van der Waals surface area (Å²) in [7, 11) is 2.14. The van der Waals surface area contributed by atoms with Crippen LogP contribution in [0.3, 0.4) is 0 Å². The van der Waals surface area contributed by atoms with Crippen molar-refractivity contribution in [3.63, 3.8) is 0 Å². The lowest BCUT2D eigenvalue weighted by Crippen LogP contribution is -2.45. The van der Waals surface area contributed by atoms with Crippen molar-refractivity contribution in [1.29, 1.82) is 0 Å². The lowest BCUT2D eigenvalue weighted by Gasteiger charge is -2.37. The van der Waals surface area contributed by atoms with Gasteiger partial charge in [0.25, 0.3) is 0 Å². The normalized spacial score (nSPS) is 19.8. The number of benzene rings is 1. The van der Waals surface area contributed by atoms with Crippen LogP contribution in [-0.2, 0) is 13.0 Å². The Bertz CT molecular complexity index is 1030. The average molecular weight is 453 g/mol. The number of halogens is 1. The first kappa shape index (κ1) is 23.0. The number of hydrogen-bond donors (Lipinski definition) is 2. The van der Waals surface area contributed by atoms with Crippen LogP contribution in [0.2, 0.25) is 0 Å². The van der Waals surface area contributed by atoms with Crippen LogP contribution in [0.1, 0.15) is 23.6 Å². The minimum absolute atomic E-state index is 0.137. The van der Waals surface area contributed by atoms with Crippen LogP contribution in [0.4, 0.5) is 22.0 Å². The van der Waals surface area contributed by atoms with E-state index in [9.17, 15) is 4.39 Å². The monoisotopic (exact) mass is 452 g/mol. The molecule has 2 aromatic rings. The van der Waals surface area contributed by atoms with Gasteiger partial charge in [-0.05, 0) is 43.1 Å². The minimum Gasteiger partial charge on any atom is -0.404 e. The van der Waals surface area contributed by atoms with Gasteiger partial charge in [0.1, 0.15) is 18.3 Å². The third-order valence-electron chi connectivity index (χ3n) is 6.39. The number of nitrogen functional groups attached to an aromatic ring is 1. The summed E-state index contributed by atoms with van der Waals surface area (Å²) in [5.74, 6) is 2.03. The Morgan fingerprint density at radius 2 is 1.91 bits per heavy atom. The predicted molar refractivity (Wildman–Crippen MR) is 133 cm³/mol. The molecule has 8 nitrogen and oxygen atoms in total. The summed E-state index contributed by atoms with van der Waals surface area (Å²) in [6.45, 7) is 6.42. The molecule has 1 fully saturated rings. The van der Waals surface area contributed by atoms with E-state index in [2.05, 4.69) is 67.9 Å². The molecule has 0 amide bonds. The van der Waals surface area contributed by atoms with Crippen molar-refractivity contribution >= 4 is 29.4 Å². The van der Waals surface area contributed by atoms with Crippen molar-refractivity contribution in [1.82, 2.24) is 14.9 Å². The molecule has 33 heavy (non-hydrogen) atoms. The van der Waals surface area contributed by atoms with Gasteiger partial charge in [-0.1, -0.05) is 12.1 Å². The lowest BCUT2D eigenvalue weighted by molar-refractivity contribution is 0.312. The van der Waals surface area contributed by atoms with Crippen molar-refractivity contribution in [2.75, 3.05) is 62.0 Å². The number of rotatable bonds is 6. The summed E-state index contributed by atoms with van der Waals surface area (Å²) in [6.07, 6.45) is 4.05. The van der Waals surface area contributed by atoms with E-state index in [4.69, 9.17) is 11.5 Å². The number of fused-ring (bicyclic) bond motifs is 1. The van der Waals surface area contributed by atoms with Gasteiger partial charge >= 0.3 is 0 Å². The molecule has 1 saturated heterocycles. The third kappa shape index (κ3) is 5.24. The number of nitrogens with two attached hydrogens (primary N) is 2. The number of alkyl halides is 1. The summed E-state index contributed by atoms with van der Waals surface area (Å²) in [6, 6.07) is 8.67. The minimum atomic E-state index is -0.483. The lowest BCUT2D eigenvalue weighted by atomic mass is 9.91. The Hall–Kier alpha value is -3.20. The van der Waals surface area contributed by atoms with Crippen LogP contribution in [0.15, 0.2) is 35.5 Å². The first-order valence-corrected chi connectivity index (χ1v) is 11.4. The molecule has 0 aliphatic carbocycles. The summed E-state index contributed by atoms with van der Waals surface area (Å²) < 4.78 is 12.4. The molecule has 176 valence electrons. The molecule has 4 N–H and O–H groups in total. The maximum atomic E-state index is 12.4. The summed E-state index contributed by atoms with van der Waals surface area (Å²) >= 11 is 0. The van der Waals surface area contributed by atoms with E-state index in [-0.39, 0.29) is 12.6 Å². The number of likely N-dealkylation sites (N-methyl/N-ethyl adjacent to an activating group) is 1. The number of aromatic nitrogens is 2. The molecule has 2 aliphatic heterocycles. The highest BCUT2D eigenvalue weighted by Crippen LogP contribution is 2.31. The van der Waals surface area contributed by atoms with Gasteiger partial charge in [-0.15, -0.1) is 0 Å². The summed E-state index contributed by atoms with van der Waals surface area (Å²) in [5, 5.41) is 0. The van der Waals surface area contributed by atoms with Crippen LogP contribution >= 0.6 is 0 Å². The van der Waals surface area contributed by atoms with Crippen molar-refractivity contribution in [2.45, 2.75) is 25.9 Å². The van der Waals surface area contributed by atoms with Gasteiger partial charge in [0.2, 0.25) is 5.95 Å². The van der Waals surface area contributed by atoms with Gasteiger partial charge in [0.15, 0.2) is 0 Å². The molecule has 1 aromatic carbocycles. The molecule has 0 spiro atoms. The van der Waals surface area contributed by atoms with Crippen LogP contribution in [-0.4, -0.2) is 73.6 Å². The fraction of sp³-hybridized carbons (Fsp3) is 0.458. The smallest absolute Gasteiger partial charge is 0.223 e. The molecule has 0 bridgehead atoms. The second-order valence-corrected chi connectivity index (χ2v) is 8.74. The molecule has 3 heterocycles. The molecule has 0 saturated carbocycles. The van der Waals surface area contributed by atoms with E-state index >= 15 is 0 Å². The number of hydrogen-bond acceptors (Lipinski definition) is 8. The van der Waals surface area contributed by atoms with E-state index in [1.807, 2.05) is 0 Å². The standard InChI is InChI=1S/C24H33FN8/c1-17-11-18-3-4-19(21(14-26)15-28-6-5-25)12-20(18)16-33(17)23-13-22(29-24(27)30-23)32-9-7-31(2)8-10-32/h3-4,12-15,17H,5-11,16,26H2,1-2H3,(H2,27,29,30). The zero-order chi connectivity index (χ0) is 23.4. The van der Waals surface area contributed by atoms with Gasteiger partial charge < -0.3 is 26.2 Å². The highest BCUT2D eigenvalue weighted by Gasteiger charge is 2.26.